The molecular weight excluding hydrogens is 258 g/mol. The molecule has 0 radical (unpaired) electrons. The fourth-order valence-corrected chi connectivity index (χ4v) is 3.58. The Morgan fingerprint density at radius 1 is 1.25 bits per heavy atom. The molecule has 1 saturated carbocycles. The normalized spacial score (nSPS) is 23.4. The first-order valence-corrected chi connectivity index (χ1v) is 7.53. The maximum atomic E-state index is 12.2. The standard InChI is InChI=1S/C15H23NO4/c1-2-5-11(14(19)20)10-16-12(17)8-15(9-13(16)18)6-3-4-7-15/h11H,2-10H2,1H3,(H,19,20). The first kappa shape index (κ1) is 15.0. The minimum atomic E-state index is -0.923. The number of nitrogens with zero attached hydrogens (tertiary/aromatic N) is 1. The van der Waals surface area contributed by atoms with E-state index in [0.717, 1.165) is 32.1 Å². The highest BCUT2D eigenvalue weighted by Crippen LogP contribution is 2.47. The lowest BCUT2D eigenvalue weighted by Crippen LogP contribution is -2.49. The third-order valence-electron chi connectivity index (χ3n) is 4.71. The van der Waals surface area contributed by atoms with E-state index in [1.807, 2.05) is 6.92 Å². The molecule has 0 aromatic heterocycles. The second-order valence-corrected chi connectivity index (χ2v) is 6.28. The molecule has 1 saturated heterocycles. The molecule has 2 fully saturated rings. The first-order valence-electron chi connectivity index (χ1n) is 7.53. The molecule has 1 unspecified atom stereocenters. The van der Waals surface area contributed by atoms with Gasteiger partial charge in [0.15, 0.2) is 0 Å². The number of likely N-dealkylation sites (tertiary alicyclic amines) is 1. The van der Waals surface area contributed by atoms with E-state index in [9.17, 15) is 14.4 Å². The van der Waals surface area contributed by atoms with Crippen LogP contribution in [0.1, 0.15) is 58.3 Å². The summed E-state index contributed by atoms with van der Waals surface area (Å²) in [6.07, 6.45) is 6.15. The topological polar surface area (TPSA) is 74.7 Å². The van der Waals surface area contributed by atoms with Gasteiger partial charge >= 0.3 is 5.97 Å². The molecule has 1 atom stereocenters. The van der Waals surface area contributed by atoms with E-state index in [1.165, 1.54) is 4.90 Å². The molecule has 1 heterocycles. The summed E-state index contributed by atoms with van der Waals surface area (Å²) in [6.45, 7) is 1.94. The molecule has 1 spiro atoms. The zero-order chi connectivity index (χ0) is 14.8. The van der Waals surface area contributed by atoms with Gasteiger partial charge in [-0.3, -0.25) is 19.3 Å². The van der Waals surface area contributed by atoms with Crippen LogP contribution in [0.15, 0.2) is 0 Å². The summed E-state index contributed by atoms with van der Waals surface area (Å²) in [4.78, 5) is 36.9. The minimum absolute atomic E-state index is 0.0386. The molecule has 0 aromatic rings. The molecule has 2 amide bonds. The van der Waals surface area contributed by atoms with Crippen LogP contribution >= 0.6 is 0 Å². The Morgan fingerprint density at radius 3 is 2.25 bits per heavy atom. The molecule has 2 aliphatic rings. The van der Waals surface area contributed by atoms with E-state index in [1.54, 1.807) is 0 Å². The third kappa shape index (κ3) is 3.02. The lowest BCUT2D eigenvalue weighted by atomic mass is 9.76. The molecule has 112 valence electrons. The molecule has 5 nitrogen and oxygen atoms in total. The number of carbonyl (C=O) groups is 3. The maximum absolute atomic E-state index is 12.2. The summed E-state index contributed by atoms with van der Waals surface area (Å²) < 4.78 is 0. The van der Waals surface area contributed by atoms with Crippen molar-refractivity contribution in [2.45, 2.75) is 58.3 Å². The van der Waals surface area contributed by atoms with Crippen LogP contribution in [0.3, 0.4) is 0 Å². The van der Waals surface area contributed by atoms with Crippen LogP contribution in [-0.4, -0.2) is 34.3 Å². The Balaban J connectivity index is 2.04. The summed E-state index contributed by atoms with van der Waals surface area (Å²) in [7, 11) is 0. The predicted octanol–water partition coefficient (Wildman–Crippen LogP) is 2.20. The van der Waals surface area contributed by atoms with Gasteiger partial charge in [0.1, 0.15) is 0 Å². The second kappa shape index (κ2) is 5.94. The molecule has 20 heavy (non-hydrogen) atoms. The summed E-state index contributed by atoms with van der Waals surface area (Å²) >= 11 is 0. The minimum Gasteiger partial charge on any atom is -0.481 e. The second-order valence-electron chi connectivity index (χ2n) is 6.28. The number of imide groups is 1. The van der Waals surface area contributed by atoms with Crippen LogP contribution in [0.4, 0.5) is 0 Å². The van der Waals surface area contributed by atoms with Gasteiger partial charge in [0.2, 0.25) is 11.8 Å². The van der Waals surface area contributed by atoms with Crippen LogP contribution in [0.5, 0.6) is 0 Å². The average Bonchev–Trinajstić information content (AvgIpc) is 2.80. The monoisotopic (exact) mass is 281 g/mol. The number of carbonyl (C=O) groups excluding carboxylic acids is 2. The Labute approximate surface area is 119 Å². The van der Waals surface area contributed by atoms with E-state index in [4.69, 9.17) is 5.11 Å². The van der Waals surface area contributed by atoms with Crippen molar-refractivity contribution in [3.8, 4) is 0 Å². The van der Waals surface area contributed by atoms with Gasteiger partial charge in [-0.2, -0.15) is 0 Å². The summed E-state index contributed by atoms with van der Waals surface area (Å²) in [6, 6.07) is 0. The fraction of sp³-hybridized carbons (Fsp3) is 0.800. The lowest BCUT2D eigenvalue weighted by molar-refractivity contribution is -0.155. The zero-order valence-corrected chi connectivity index (χ0v) is 12.1. The molecule has 2 rings (SSSR count). The fourth-order valence-electron chi connectivity index (χ4n) is 3.58. The molecule has 0 aromatic carbocycles. The summed E-state index contributed by atoms with van der Waals surface area (Å²) in [5.74, 6) is -1.91. The zero-order valence-electron chi connectivity index (χ0n) is 12.1. The van der Waals surface area contributed by atoms with Crippen molar-refractivity contribution in [2.75, 3.05) is 6.54 Å². The summed E-state index contributed by atoms with van der Waals surface area (Å²) in [5.41, 5.74) is -0.117. The van der Waals surface area contributed by atoms with Gasteiger partial charge < -0.3 is 5.11 Å². The van der Waals surface area contributed by atoms with Crippen molar-refractivity contribution in [3.05, 3.63) is 0 Å². The third-order valence-corrected chi connectivity index (χ3v) is 4.71. The molecule has 0 bridgehead atoms. The van der Waals surface area contributed by atoms with Crippen molar-refractivity contribution in [3.63, 3.8) is 0 Å². The number of hydrogen-bond donors (Lipinski definition) is 1. The molecule has 1 aliphatic carbocycles. The smallest absolute Gasteiger partial charge is 0.308 e. The number of amides is 2. The van der Waals surface area contributed by atoms with E-state index >= 15 is 0 Å². The van der Waals surface area contributed by atoms with Crippen LogP contribution in [0, 0.1) is 11.3 Å². The first-order chi connectivity index (χ1) is 9.47. The van der Waals surface area contributed by atoms with Gasteiger partial charge in [-0.05, 0) is 24.7 Å². The van der Waals surface area contributed by atoms with Crippen molar-refractivity contribution < 1.29 is 19.5 Å². The van der Waals surface area contributed by atoms with Crippen LogP contribution in [0.25, 0.3) is 0 Å². The Kier molecular flexibility index (Phi) is 4.45. The Bertz CT molecular complexity index is 392. The van der Waals surface area contributed by atoms with Gasteiger partial charge in [-0.1, -0.05) is 26.2 Å². The number of carboxylic acids is 1. The van der Waals surface area contributed by atoms with Crippen molar-refractivity contribution >= 4 is 17.8 Å². The Morgan fingerprint density at radius 2 is 1.80 bits per heavy atom. The van der Waals surface area contributed by atoms with Crippen LogP contribution in [0.2, 0.25) is 0 Å². The van der Waals surface area contributed by atoms with Gasteiger partial charge in [0, 0.05) is 19.4 Å². The highest BCUT2D eigenvalue weighted by Gasteiger charge is 2.45. The van der Waals surface area contributed by atoms with Crippen molar-refractivity contribution in [2.24, 2.45) is 11.3 Å². The predicted molar refractivity (Wildman–Crippen MR) is 72.9 cm³/mol. The van der Waals surface area contributed by atoms with Gasteiger partial charge in [0.05, 0.1) is 5.92 Å². The highest BCUT2D eigenvalue weighted by atomic mass is 16.4. The Hall–Kier alpha value is -1.39. The number of aliphatic carboxylic acids is 1. The number of piperidine rings is 1. The molecular formula is C15H23NO4. The van der Waals surface area contributed by atoms with Crippen LogP contribution in [-0.2, 0) is 14.4 Å². The van der Waals surface area contributed by atoms with Gasteiger partial charge in [-0.15, -0.1) is 0 Å². The number of hydrogen-bond acceptors (Lipinski definition) is 3. The average molecular weight is 281 g/mol. The largest absolute Gasteiger partial charge is 0.481 e. The molecule has 1 aliphatic heterocycles. The van der Waals surface area contributed by atoms with E-state index in [-0.39, 0.29) is 23.8 Å². The highest BCUT2D eigenvalue weighted by molar-refractivity contribution is 5.99. The van der Waals surface area contributed by atoms with Crippen LogP contribution < -0.4 is 0 Å². The van der Waals surface area contributed by atoms with Crippen molar-refractivity contribution in [1.82, 2.24) is 4.90 Å². The lowest BCUT2D eigenvalue weighted by Gasteiger charge is -2.38. The number of rotatable bonds is 5. The van der Waals surface area contributed by atoms with E-state index in [2.05, 4.69) is 0 Å². The van der Waals surface area contributed by atoms with Crippen molar-refractivity contribution in [1.29, 1.82) is 0 Å². The van der Waals surface area contributed by atoms with E-state index in [0.29, 0.717) is 19.3 Å². The maximum Gasteiger partial charge on any atom is 0.308 e. The van der Waals surface area contributed by atoms with Gasteiger partial charge in [-0.25, -0.2) is 0 Å². The van der Waals surface area contributed by atoms with E-state index < -0.39 is 11.9 Å². The molecule has 1 N–H and O–H groups in total. The summed E-state index contributed by atoms with van der Waals surface area (Å²) in [5, 5.41) is 9.16. The quantitative estimate of drug-likeness (QED) is 0.784. The molecule has 5 heteroatoms. The van der Waals surface area contributed by atoms with Gasteiger partial charge in [0.25, 0.3) is 0 Å². The number of carboxylic acid groups (broad SMARTS) is 1. The SMILES string of the molecule is CCCC(CN1C(=O)CC2(CCCC2)CC1=O)C(=O)O.